The zero-order chi connectivity index (χ0) is 12.8. The van der Waals surface area contributed by atoms with Crippen molar-refractivity contribution < 1.29 is 5.11 Å². The topological polar surface area (TPSA) is 23.5 Å². The van der Waals surface area contributed by atoms with E-state index in [0.29, 0.717) is 0 Å². The van der Waals surface area contributed by atoms with Crippen LogP contribution in [0.1, 0.15) is 44.6 Å². The van der Waals surface area contributed by atoms with E-state index in [1.165, 1.54) is 24.8 Å². The van der Waals surface area contributed by atoms with Gasteiger partial charge in [-0.1, -0.05) is 36.8 Å². The summed E-state index contributed by atoms with van der Waals surface area (Å²) in [4.78, 5) is 2.25. The number of rotatable bonds is 5. The second kappa shape index (κ2) is 6.35. The van der Waals surface area contributed by atoms with Gasteiger partial charge in [-0.15, -0.1) is 0 Å². The third kappa shape index (κ3) is 3.82. The molecule has 2 heteroatoms. The van der Waals surface area contributed by atoms with Crippen molar-refractivity contribution in [3.63, 3.8) is 0 Å². The Morgan fingerprint density at radius 1 is 1.11 bits per heavy atom. The quantitative estimate of drug-likeness (QED) is 0.863. The van der Waals surface area contributed by atoms with E-state index in [9.17, 15) is 5.11 Å². The summed E-state index contributed by atoms with van der Waals surface area (Å²) >= 11 is 0. The maximum atomic E-state index is 10.5. The molecule has 1 fully saturated rings. The van der Waals surface area contributed by atoms with Crippen LogP contribution in [-0.2, 0) is 6.42 Å². The lowest BCUT2D eigenvalue weighted by Crippen LogP contribution is -2.48. The van der Waals surface area contributed by atoms with Crippen LogP contribution in [0.3, 0.4) is 0 Å². The molecule has 0 saturated carbocycles. The molecular formula is C16H25NO. The minimum Gasteiger partial charge on any atom is -0.376 e. The predicted octanol–water partition coefficient (Wildman–Crippen LogP) is 3.20. The van der Waals surface area contributed by atoms with Crippen LogP contribution in [0.25, 0.3) is 0 Å². The first kappa shape index (κ1) is 13.6. The van der Waals surface area contributed by atoms with Gasteiger partial charge in [-0.25, -0.2) is 0 Å². The van der Waals surface area contributed by atoms with Crippen LogP contribution in [0.15, 0.2) is 30.3 Å². The van der Waals surface area contributed by atoms with Gasteiger partial charge < -0.3 is 5.11 Å². The summed E-state index contributed by atoms with van der Waals surface area (Å²) < 4.78 is 0. The van der Waals surface area contributed by atoms with Gasteiger partial charge in [0.05, 0.1) is 0 Å². The Labute approximate surface area is 111 Å². The fourth-order valence-corrected chi connectivity index (χ4v) is 2.81. The highest BCUT2D eigenvalue weighted by Gasteiger charge is 2.29. The Morgan fingerprint density at radius 3 is 2.44 bits per heavy atom. The van der Waals surface area contributed by atoms with E-state index < -0.39 is 5.72 Å². The van der Waals surface area contributed by atoms with Gasteiger partial charge >= 0.3 is 0 Å². The lowest BCUT2D eigenvalue weighted by Gasteiger charge is -2.39. The van der Waals surface area contributed by atoms with Crippen molar-refractivity contribution >= 4 is 0 Å². The highest BCUT2D eigenvalue weighted by molar-refractivity contribution is 5.14. The molecule has 18 heavy (non-hydrogen) atoms. The first-order chi connectivity index (χ1) is 8.68. The summed E-state index contributed by atoms with van der Waals surface area (Å²) in [5, 5.41) is 10.5. The van der Waals surface area contributed by atoms with Crippen LogP contribution in [0.4, 0.5) is 0 Å². The number of benzene rings is 1. The van der Waals surface area contributed by atoms with Crippen molar-refractivity contribution in [1.29, 1.82) is 0 Å². The van der Waals surface area contributed by atoms with Gasteiger partial charge in [0.2, 0.25) is 0 Å². The molecule has 0 bridgehead atoms. The number of hydrogen-bond acceptors (Lipinski definition) is 2. The third-order valence-corrected chi connectivity index (χ3v) is 4.00. The first-order valence-electron chi connectivity index (χ1n) is 7.20. The molecule has 100 valence electrons. The standard InChI is InChI=1S/C16H25NO/c1-16(18,17-13-6-3-7-14-17)12-8-11-15-9-4-2-5-10-15/h2,4-5,9-10,18H,3,6-8,11-14H2,1H3. The molecule has 0 aliphatic carbocycles. The molecule has 0 aromatic heterocycles. The van der Waals surface area contributed by atoms with Crippen molar-refractivity contribution in [3.05, 3.63) is 35.9 Å². The Bertz CT molecular complexity index is 341. The SMILES string of the molecule is CC(O)(CCCc1ccccc1)N1CCCCC1. The smallest absolute Gasteiger partial charge is 0.115 e. The number of aliphatic hydroxyl groups is 1. The normalized spacial score (nSPS) is 20.6. The van der Waals surface area contributed by atoms with Crippen LogP contribution >= 0.6 is 0 Å². The van der Waals surface area contributed by atoms with Gasteiger partial charge in [0.25, 0.3) is 0 Å². The van der Waals surface area contributed by atoms with E-state index in [4.69, 9.17) is 0 Å². The third-order valence-electron chi connectivity index (χ3n) is 4.00. The highest BCUT2D eigenvalue weighted by atomic mass is 16.3. The first-order valence-corrected chi connectivity index (χ1v) is 7.20. The second-order valence-corrected chi connectivity index (χ2v) is 5.60. The van der Waals surface area contributed by atoms with Crippen molar-refractivity contribution in [3.8, 4) is 0 Å². The van der Waals surface area contributed by atoms with Gasteiger partial charge in [0.1, 0.15) is 5.72 Å². The summed E-state index contributed by atoms with van der Waals surface area (Å²) in [5.41, 5.74) is 0.752. The maximum Gasteiger partial charge on any atom is 0.115 e. The van der Waals surface area contributed by atoms with E-state index >= 15 is 0 Å². The summed E-state index contributed by atoms with van der Waals surface area (Å²) in [6.07, 6.45) is 6.75. The van der Waals surface area contributed by atoms with Crippen LogP contribution in [0.2, 0.25) is 0 Å². The minimum atomic E-state index is -0.616. The highest BCUT2D eigenvalue weighted by Crippen LogP contribution is 2.23. The number of hydrogen-bond donors (Lipinski definition) is 1. The Hall–Kier alpha value is -0.860. The van der Waals surface area contributed by atoms with Gasteiger partial charge in [0.15, 0.2) is 0 Å². The molecule has 2 rings (SSSR count). The van der Waals surface area contributed by atoms with Crippen molar-refractivity contribution in [2.75, 3.05) is 13.1 Å². The zero-order valence-corrected chi connectivity index (χ0v) is 11.4. The molecule has 1 atom stereocenters. The molecule has 1 aromatic rings. The van der Waals surface area contributed by atoms with Gasteiger partial charge in [-0.05, 0) is 44.6 Å². The van der Waals surface area contributed by atoms with Gasteiger partial charge in [0, 0.05) is 13.1 Å². The number of nitrogens with zero attached hydrogens (tertiary/aromatic N) is 1. The molecule has 1 aliphatic rings. The number of aryl methyl sites for hydroxylation is 1. The van der Waals surface area contributed by atoms with Crippen LogP contribution in [0, 0.1) is 0 Å². The summed E-state index contributed by atoms with van der Waals surface area (Å²) in [6.45, 7) is 4.08. The number of likely N-dealkylation sites (tertiary alicyclic amines) is 1. The average molecular weight is 247 g/mol. The van der Waals surface area contributed by atoms with Crippen molar-refractivity contribution in [1.82, 2.24) is 4.90 Å². The maximum absolute atomic E-state index is 10.5. The molecule has 1 heterocycles. The van der Waals surface area contributed by atoms with Crippen LogP contribution in [0.5, 0.6) is 0 Å². The van der Waals surface area contributed by atoms with E-state index in [0.717, 1.165) is 32.4 Å². The Balaban J connectivity index is 1.77. The molecule has 1 N–H and O–H groups in total. The molecule has 0 spiro atoms. The van der Waals surface area contributed by atoms with E-state index in [1.54, 1.807) is 0 Å². The molecule has 0 radical (unpaired) electrons. The zero-order valence-electron chi connectivity index (χ0n) is 11.4. The van der Waals surface area contributed by atoms with Crippen LogP contribution < -0.4 is 0 Å². The van der Waals surface area contributed by atoms with Crippen molar-refractivity contribution in [2.24, 2.45) is 0 Å². The lowest BCUT2D eigenvalue weighted by atomic mass is 10.00. The van der Waals surface area contributed by atoms with Gasteiger partial charge in [-0.3, -0.25) is 4.90 Å². The molecular weight excluding hydrogens is 222 g/mol. The second-order valence-electron chi connectivity index (χ2n) is 5.60. The van der Waals surface area contributed by atoms with Gasteiger partial charge in [-0.2, -0.15) is 0 Å². The van der Waals surface area contributed by atoms with Crippen molar-refractivity contribution in [2.45, 2.75) is 51.2 Å². The van der Waals surface area contributed by atoms with Crippen LogP contribution in [-0.4, -0.2) is 28.8 Å². The minimum absolute atomic E-state index is 0.616. The molecule has 1 unspecified atom stereocenters. The molecule has 2 nitrogen and oxygen atoms in total. The fourth-order valence-electron chi connectivity index (χ4n) is 2.81. The molecule has 1 aromatic carbocycles. The van der Waals surface area contributed by atoms with E-state index in [2.05, 4.69) is 29.2 Å². The Morgan fingerprint density at radius 2 is 1.78 bits per heavy atom. The summed E-state index contributed by atoms with van der Waals surface area (Å²) in [6, 6.07) is 10.5. The molecule has 1 aliphatic heterocycles. The summed E-state index contributed by atoms with van der Waals surface area (Å²) in [7, 11) is 0. The number of piperidine rings is 1. The summed E-state index contributed by atoms with van der Waals surface area (Å²) in [5.74, 6) is 0. The van der Waals surface area contributed by atoms with E-state index in [1.807, 2.05) is 13.0 Å². The monoisotopic (exact) mass is 247 g/mol. The lowest BCUT2D eigenvalue weighted by molar-refractivity contribution is -0.108. The predicted molar refractivity (Wildman–Crippen MR) is 75.4 cm³/mol. The average Bonchev–Trinajstić information content (AvgIpc) is 2.41. The molecule has 0 amide bonds. The largest absolute Gasteiger partial charge is 0.376 e. The van der Waals surface area contributed by atoms with E-state index in [-0.39, 0.29) is 0 Å². The fraction of sp³-hybridized carbons (Fsp3) is 0.625. The molecule has 1 saturated heterocycles. The Kier molecular flexibility index (Phi) is 4.79.